The van der Waals surface area contributed by atoms with Crippen LogP contribution in [-0.2, 0) is 0 Å². The summed E-state index contributed by atoms with van der Waals surface area (Å²) in [5, 5.41) is 0. The van der Waals surface area contributed by atoms with Crippen LogP contribution in [0.25, 0.3) is 5.52 Å². The number of aromatic nitrogens is 2. The maximum absolute atomic E-state index is 5.24. The van der Waals surface area contributed by atoms with Crippen molar-refractivity contribution in [1.29, 1.82) is 0 Å². The van der Waals surface area contributed by atoms with Crippen molar-refractivity contribution in [1.82, 2.24) is 14.3 Å². The van der Waals surface area contributed by atoms with Crippen LogP contribution < -0.4 is 4.74 Å². The first-order valence-electron chi connectivity index (χ1n) is 6.55. The molecule has 4 heteroatoms. The third kappa shape index (κ3) is 1.86. The van der Waals surface area contributed by atoms with Gasteiger partial charge in [-0.1, -0.05) is 6.92 Å². The van der Waals surface area contributed by atoms with Crippen molar-refractivity contribution >= 4 is 5.52 Å². The minimum Gasteiger partial charge on any atom is -0.497 e. The van der Waals surface area contributed by atoms with Gasteiger partial charge in [-0.25, -0.2) is 4.98 Å². The summed E-state index contributed by atoms with van der Waals surface area (Å²) in [6.07, 6.45) is 5.20. The summed E-state index contributed by atoms with van der Waals surface area (Å²) in [5.41, 5.74) is 1.11. The molecule has 1 atom stereocenters. The lowest BCUT2D eigenvalue weighted by Gasteiger charge is -2.12. The number of rotatable bonds is 3. The minimum absolute atomic E-state index is 0.556. The fourth-order valence-corrected chi connectivity index (χ4v) is 2.76. The first-order chi connectivity index (χ1) is 8.81. The average molecular weight is 245 g/mol. The summed E-state index contributed by atoms with van der Waals surface area (Å²) in [6, 6.07) is 4.02. The van der Waals surface area contributed by atoms with Gasteiger partial charge in [-0.3, -0.25) is 0 Å². The molecule has 0 radical (unpaired) electrons. The van der Waals surface area contributed by atoms with Gasteiger partial charge in [-0.15, -0.1) is 0 Å². The Labute approximate surface area is 107 Å². The van der Waals surface area contributed by atoms with E-state index in [-0.39, 0.29) is 0 Å². The van der Waals surface area contributed by atoms with E-state index >= 15 is 0 Å². The van der Waals surface area contributed by atoms with Gasteiger partial charge in [0.2, 0.25) is 0 Å². The van der Waals surface area contributed by atoms with Crippen LogP contribution in [0.4, 0.5) is 0 Å². The Kier molecular flexibility index (Phi) is 2.96. The fourth-order valence-electron chi connectivity index (χ4n) is 2.76. The van der Waals surface area contributed by atoms with Gasteiger partial charge < -0.3 is 14.0 Å². The van der Waals surface area contributed by atoms with Crippen molar-refractivity contribution in [2.75, 3.05) is 26.7 Å². The Morgan fingerprint density at radius 3 is 3.11 bits per heavy atom. The predicted octanol–water partition coefficient (Wildman–Crippen LogP) is 2.15. The summed E-state index contributed by atoms with van der Waals surface area (Å²) < 4.78 is 7.43. The molecule has 18 heavy (non-hydrogen) atoms. The molecule has 4 nitrogen and oxygen atoms in total. The lowest BCUT2D eigenvalue weighted by Crippen LogP contribution is -2.19. The van der Waals surface area contributed by atoms with Crippen molar-refractivity contribution in [2.24, 2.45) is 0 Å². The van der Waals surface area contributed by atoms with Crippen LogP contribution in [0, 0.1) is 0 Å². The number of imidazole rings is 1. The molecule has 3 rings (SSSR count). The standard InChI is InChI=1S/C14H19N3O/c1-3-16-6-4-11(10-16)14-15-9-12-8-13(18-2)5-7-17(12)14/h5,7-9,11H,3-4,6,10H2,1-2H3. The average Bonchev–Trinajstić information content (AvgIpc) is 3.03. The third-order valence-electron chi connectivity index (χ3n) is 3.85. The van der Waals surface area contributed by atoms with Crippen molar-refractivity contribution in [3.8, 4) is 5.75 Å². The Balaban J connectivity index is 1.93. The molecule has 1 fully saturated rings. The first-order valence-corrected chi connectivity index (χ1v) is 6.55. The molecule has 1 saturated heterocycles. The number of hydrogen-bond acceptors (Lipinski definition) is 3. The predicted molar refractivity (Wildman–Crippen MR) is 71.2 cm³/mol. The first kappa shape index (κ1) is 11.5. The van der Waals surface area contributed by atoms with Gasteiger partial charge in [0.1, 0.15) is 11.6 Å². The fraction of sp³-hybridized carbons (Fsp3) is 0.500. The van der Waals surface area contributed by atoms with Crippen LogP contribution in [0.5, 0.6) is 5.75 Å². The van der Waals surface area contributed by atoms with Crippen LogP contribution >= 0.6 is 0 Å². The molecule has 0 N–H and O–H groups in total. The van der Waals surface area contributed by atoms with Crippen LogP contribution in [0.2, 0.25) is 0 Å². The molecule has 2 aromatic heterocycles. The second-order valence-electron chi connectivity index (χ2n) is 4.86. The maximum atomic E-state index is 5.24. The molecule has 0 saturated carbocycles. The summed E-state index contributed by atoms with van der Waals surface area (Å²) in [6.45, 7) is 5.67. The molecule has 0 bridgehead atoms. The van der Waals surface area contributed by atoms with E-state index in [1.165, 1.54) is 18.8 Å². The number of ether oxygens (including phenoxy) is 1. The monoisotopic (exact) mass is 245 g/mol. The van der Waals surface area contributed by atoms with E-state index in [9.17, 15) is 0 Å². The lowest BCUT2D eigenvalue weighted by molar-refractivity contribution is 0.352. The number of likely N-dealkylation sites (tertiary alicyclic amines) is 1. The van der Waals surface area contributed by atoms with Gasteiger partial charge >= 0.3 is 0 Å². The number of likely N-dealkylation sites (N-methyl/N-ethyl adjacent to an activating group) is 1. The van der Waals surface area contributed by atoms with Crippen molar-refractivity contribution in [3.05, 3.63) is 30.4 Å². The Bertz CT molecular complexity index is 549. The molecule has 1 aliphatic rings. The van der Waals surface area contributed by atoms with E-state index in [0.717, 1.165) is 24.4 Å². The number of nitrogens with zero attached hydrogens (tertiary/aromatic N) is 3. The second-order valence-corrected chi connectivity index (χ2v) is 4.86. The zero-order chi connectivity index (χ0) is 12.5. The number of hydrogen-bond donors (Lipinski definition) is 0. The maximum Gasteiger partial charge on any atom is 0.122 e. The van der Waals surface area contributed by atoms with Gasteiger partial charge in [0, 0.05) is 24.7 Å². The largest absolute Gasteiger partial charge is 0.497 e. The molecule has 96 valence electrons. The van der Waals surface area contributed by atoms with Crippen molar-refractivity contribution in [3.63, 3.8) is 0 Å². The lowest BCUT2D eigenvalue weighted by atomic mass is 10.1. The molecule has 2 aromatic rings. The molecule has 3 heterocycles. The molecule has 1 unspecified atom stereocenters. The van der Waals surface area contributed by atoms with Gasteiger partial charge in [-0.2, -0.15) is 0 Å². The summed E-state index contributed by atoms with van der Waals surface area (Å²) >= 11 is 0. The molecule has 0 aromatic carbocycles. The molecule has 0 aliphatic carbocycles. The molecule has 0 spiro atoms. The highest BCUT2D eigenvalue weighted by Gasteiger charge is 2.25. The van der Waals surface area contributed by atoms with E-state index in [0.29, 0.717) is 5.92 Å². The number of pyridine rings is 1. The summed E-state index contributed by atoms with van der Waals surface area (Å²) in [5.74, 6) is 2.63. The van der Waals surface area contributed by atoms with Gasteiger partial charge in [0.15, 0.2) is 0 Å². The van der Waals surface area contributed by atoms with Crippen LogP contribution in [0.15, 0.2) is 24.5 Å². The summed E-state index contributed by atoms with van der Waals surface area (Å²) in [4.78, 5) is 7.08. The van der Waals surface area contributed by atoms with Gasteiger partial charge in [0.25, 0.3) is 0 Å². The molecular weight excluding hydrogens is 226 g/mol. The highest BCUT2D eigenvalue weighted by Crippen LogP contribution is 2.27. The highest BCUT2D eigenvalue weighted by atomic mass is 16.5. The van der Waals surface area contributed by atoms with E-state index in [4.69, 9.17) is 4.74 Å². The van der Waals surface area contributed by atoms with E-state index < -0.39 is 0 Å². The number of methoxy groups -OCH3 is 1. The zero-order valence-corrected chi connectivity index (χ0v) is 11.0. The second kappa shape index (κ2) is 4.61. The van der Waals surface area contributed by atoms with Crippen molar-refractivity contribution in [2.45, 2.75) is 19.3 Å². The quantitative estimate of drug-likeness (QED) is 0.830. The van der Waals surface area contributed by atoms with Crippen LogP contribution in [0.3, 0.4) is 0 Å². The molecule has 1 aliphatic heterocycles. The highest BCUT2D eigenvalue weighted by molar-refractivity contribution is 5.51. The van der Waals surface area contributed by atoms with E-state index in [1.54, 1.807) is 7.11 Å². The van der Waals surface area contributed by atoms with E-state index in [2.05, 4.69) is 27.4 Å². The van der Waals surface area contributed by atoms with Gasteiger partial charge in [0.05, 0.1) is 18.8 Å². The van der Waals surface area contributed by atoms with Crippen LogP contribution in [-0.4, -0.2) is 41.0 Å². The van der Waals surface area contributed by atoms with E-state index in [1.807, 2.05) is 18.3 Å². The summed E-state index contributed by atoms with van der Waals surface area (Å²) in [7, 11) is 1.69. The van der Waals surface area contributed by atoms with Crippen molar-refractivity contribution < 1.29 is 4.74 Å². The SMILES string of the molecule is CCN1CCC(c2ncc3cc(OC)ccn23)C1. The van der Waals surface area contributed by atoms with Crippen LogP contribution in [0.1, 0.15) is 25.1 Å². The van der Waals surface area contributed by atoms with Gasteiger partial charge in [-0.05, 0) is 25.6 Å². The Hall–Kier alpha value is -1.55. The minimum atomic E-state index is 0.556. The number of fused-ring (bicyclic) bond motifs is 1. The smallest absolute Gasteiger partial charge is 0.122 e. The Morgan fingerprint density at radius 2 is 2.39 bits per heavy atom. The normalized spacial score (nSPS) is 20.7. The molecular formula is C14H19N3O. The zero-order valence-electron chi connectivity index (χ0n) is 11.0. The molecule has 0 amide bonds. The third-order valence-corrected chi connectivity index (χ3v) is 3.85. The Morgan fingerprint density at radius 1 is 1.50 bits per heavy atom. The topological polar surface area (TPSA) is 29.8 Å².